The molecule has 2 rings (SSSR count). The molecule has 144 valence electrons. The molecule has 8 heteroatoms. The zero-order valence-corrected chi connectivity index (χ0v) is 16.2. The summed E-state index contributed by atoms with van der Waals surface area (Å²) >= 11 is 0. The molecule has 0 unspecified atom stereocenters. The van der Waals surface area contributed by atoms with Gasteiger partial charge in [0.25, 0.3) is 5.91 Å². The lowest BCUT2D eigenvalue weighted by molar-refractivity contribution is 0.0527. The van der Waals surface area contributed by atoms with Crippen LogP contribution in [-0.4, -0.2) is 32.9 Å². The summed E-state index contributed by atoms with van der Waals surface area (Å²) in [7, 11) is -3.72. The van der Waals surface area contributed by atoms with Crippen LogP contribution in [-0.2, 0) is 14.8 Å². The topological polar surface area (TPSA) is 102 Å². The third kappa shape index (κ3) is 5.38. The molecule has 0 fully saturated rings. The molecule has 0 saturated carbocycles. The quantitative estimate of drug-likeness (QED) is 0.708. The van der Waals surface area contributed by atoms with E-state index in [1.165, 1.54) is 24.3 Å². The highest BCUT2D eigenvalue weighted by molar-refractivity contribution is 7.89. The van der Waals surface area contributed by atoms with Crippen molar-refractivity contribution in [1.82, 2.24) is 4.72 Å². The van der Waals surface area contributed by atoms with Gasteiger partial charge in [0.1, 0.15) is 0 Å². The number of esters is 1. The zero-order valence-electron chi connectivity index (χ0n) is 15.4. The van der Waals surface area contributed by atoms with Crippen molar-refractivity contribution in [2.45, 2.75) is 31.7 Å². The minimum absolute atomic E-state index is 0.0115. The first kappa shape index (κ1) is 20.6. The van der Waals surface area contributed by atoms with Gasteiger partial charge in [-0.3, -0.25) is 4.79 Å². The van der Waals surface area contributed by atoms with Crippen LogP contribution < -0.4 is 10.0 Å². The number of carbonyl (C=O) groups excluding carboxylic acids is 2. The van der Waals surface area contributed by atoms with Crippen molar-refractivity contribution < 1.29 is 22.7 Å². The Morgan fingerprint density at radius 2 is 1.78 bits per heavy atom. The number of hydrogen-bond acceptors (Lipinski definition) is 5. The van der Waals surface area contributed by atoms with Gasteiger partial charge in [-0.1, -0.05) is 18.2 Å². The molecule has 2 N–H and O–H groups in total. The normalized spacial score (nSPS) is 11.3. The molecule has 0 heterocycles. The zero-order chi connectivity index (χ0) is 20.0. The molecule has 0 radical (unpaired) electrons. The standard InChI is InChI=1S/C19H22N2O5S/c1-4-26-19(23)16-10-5-6-11-17(16)20-18(22)14-8-7-9-15(12-14)27(24,25)21-13(2)3/h5-13,21H,4H2,1-3H3,(H,20,22). The second-order valence-electron chi connectivity index (χ2n) is 6.02. The maximum atomic E-state index is 12.6. The number of ether oxygens (including phenoxy) is 1. The Labute approximate surface area is 158 Å². The van der Waals surface area contributed by atoms with Crippen molar-refractivity contribution in [2.24, 2.45) is 0 Å². The SMILES string of the molecule is CCOC(=O)c1ccccc1NC(=O)c1cccc(S(=O)(=O)NC(C)C)c1. The maximum absolute atomic E-state index is 12.6. The summed E-state index contributed by atoms with van der Waals surface area (Å²) in [6.07, 6.45) is 0. The Morgan fingerprint density at radius 1 is 1.07 bits per heavy atom. The lowest BCUT2D eigenvalue weighted by Crippen LogP contribution is -2.30. The molecule has 0 aromatic heterocycles. The Bertz CT molecular complexity index is 939. The second kappa shape index (κ2) is 8.79. The predicted octanol–water partition coefficient (Wildman–Crippen LogP) is 2.80. The largest absolute Gasteiger partial charge is 0.462 e. The number of carbonyl (C=O) groups is 2. The van der Waals surface area contributed by atoms with Crippen LogP contribution in [0.5, 0.6) is 0 Å². The van der Waals surface area contributed by atoms with Gasteiger partial charge in [-0.05, 0) is 51.1 Å². The number of benzene rings is 2. The van der Waals surface area contributed by atoms with Crippen LogP contribution in [0.2, 0.25) is 0 Å². The van der Waals surface area contributed by atoms with Crippen molar-refractivity contribution in [3.63, 3.8) is 0 Å². The molecule has 0 bridgehead atoms. The van der Waals surface area contributed by atoms with Crippen LogP contribution in [0, 0.1) is 0 Å². The van der Waals surface area contributed by atoms with Gasteiger partial charge in [-0.2, -0.15) is 0 Å². The molecule has 2 aromatic carbocycles. The van der Waals surface area contributed by atoms with E-state index in [2.05, 4.69) is 10.0 Å². The molecule has 0 aliphatic heterocycles. The fraction of sp³-hybridized carbons (Fsp3) is 0.263. The summed E-state index contributed by atoms with van der Waals surface area (Å²) in [6, 6.07) is 11.9. The molecular formula is C19H22N2O5S. The third-order valence-corrected chi connectivity index (χ3v) is 5.12. The van der Waals surface area contributed by atoms with E-state index in [0.29, 0.717) is 0 Å². The molecule has 7 nitrogen and oxygen atoms in total. The van der Waals surface area contributed by atoms with E-state index in [1.54, 1.807) is 45.0 Å². The monoisotopic (exact) mass is 390 g/mol. The number of hydrogen-bond donors (Lipinski definition) is 2. The maximum Gasteiger partial charge on any atom is 0.340 e. The van der Waals surface area contributed by atoms with Gasteiger partial charge in [-0.25, -0.2) is 17.9 Å². The molecule has 1 amide bonds. The summed E-state index contributed by atoms with van der Waals surface area (Å²) in [5.74, 6) is -1.08. The van der Waals surface area contributed by atoms with Gasteiger partial charge in [0.15, 0.2) is 0 Å². The van der Waals surface area contributed by atoms with Crippen molar-refractivity contribution >= 4 is 27.6 Å². The number of amides is 1. The minimum atomic E-state index is -3.72. The number of rotatable bonds is 7. The average molecular weight is 390 g/mol. The van der Waals surface area contributed by atoms with E-state index in [-0.39, 0.29) is 34.4 Å². The van der Waals surface area contributed by atoms with Crippen LogP contribution >= 0.6 is 0 Å². The molecule has 0 aliphatic rings. The molecule has 0 atom stereocenters. The summed E-state index contributed by atoms with van der Waals surface area (Å²) in [4.78, 5) is 24.6. The highest BCUT2D eigenvalue weighted by Gasteiger charge is 2.19. The highest BCUT2D eigenvalue weighted by atomic mass is 32.2. The molecule has 0 aliphatic carbocycles. The van der Waals surface area contributed by atoms with Gasteiger partial charge in [-0.15, -0.1) is 0 Å². The van der Waals surface area contributed by atoms with Gasteiger partial charge >= 0.3 is 5.97 Å². The van der Waals surface area contributed by atoms with Crippen molar-refractivity contribution in [2.75, 3.05) is 11.9 Å². The Kier molecular flexibility index (Phi) is 6.70. The highest BCUT2D eigenvalue weighted by Crippen LogP contribution is 2.19. The molecule has 0 saturated heterocycles. The lowest BCUT2D eigenvalue weighted by Gasteiger charge is -2.12. The predicted molar refractivity (Wildman–Crippen MR) is 102 cm³/mol. The van der Waals surface area contributed by atoms with Crippen LogP contribution in [0.15, 0.2) is 53.4 Å². The average Bonchev–Trinajstić information content (AvgIpc) is 2.61. The van der Waals surface area contributed by atoms with Gasteiger partial charge in [0, 0.05) is 11.6 Å². The summed E-state index contributed by atoms with van der Waals surface area (Å²) in [6.45, 7) is 5.32. The van der Waals surface area contributed by atoms with Crippen LogP contribution in [0.4, 0.5) is 5.69 Å². The van der Waals surface area contributed by atoms with E-state index in [0.717, 1.165) is 0 Å². The number of anilines is 1. The Morgan fingerprint density at radius 3 is 2.44 bits per heavy atom. The van der Waals surface area contributed by atoms with Crippen molar-refractivity contribution in [3.8, 4) is 0 Å². The van der Waals surface area contributed by atoms with Gasteiger partial charge in [0.05, 0.1) is 22.8 Å². The first-order chi connectivity index (χ1) is 12.7. The van der Waals surface area contributed by atoms with E-state index in [9.17, 15) is 18.0 Å². The van der Waals surface area contributed by atoms with Gasteiger partial charge < -0.3 is 10.1 Å². The van der Waals surface area contributed by atoms with Crippen molar-refractivity contribution in [1.29, 1.82) is 0 Å². The van der Waals surface area contributed by atoms with Crippen LogP contribution in [0.25, 0.3) is 0 Å². The van der Waals surface area contributed by atoms with E-state index < -0.39 is 21.9 Å². The van der Waals surface area contributed by atoms with Crippen LogP contribution in [0.1, 0.15) is 41.5 Å². The fourth-order valence-electron chi connectivity index (χ4n) is 2.36. The minimum Gasteiger partial charge on any atom is -0.462 e. The second-order valence-corrected chi connectivity index (χ2v) is 7.74. The molecular weight excluding hydrogens is 368 g/mol. The molecule has 2 aromatic rings. The first-order valence-electron chi connectivity index (χ1n) is 8.44. The van der Waals surface area contributed by atoms with E-state index in [4.69, 9.17) is 4.74 Å². The number of sulfonamides is 1. The fourth-order valence-corrected chi connectivity index (χ4v) is 3.65. The number of para-hydroxylation sites is 1. The smallest absolute Gasteiger partial charge is 0.340 e. The van der Waals surface area contributed by atoms with Crippen molar-refractivity contribution in [3.05, 3.63) is 59.7 Å². The Balaban J connectivity index is 2.28. The van der Waals surface area contributed by atoms with Gasteiger partial charge in [0.2, 0.25) is 10.0 Å². The molecule has 27 heavy (non-hydrogen) atoms. The van der Waals surface area contributed by atoms with Crippen LogP contribution in [0.3, 0.4) is 0 Å². The lowest BCUT2D eigenvalue weighted by atomic mass is 10.1. The first-order valence-corrected chi connectivity index (χ1v) is 9.92. The Hall–Kier alpha value is -2.71. The van der Waals surface area contributed by atoms with E-state index in [1.807, 2.05) is 0 Å². The molecule has 0 spiro atoms. The number of nitrogens with one attached hydrogen (secondary N) is 2. The summed E-state index contributed by atoms with van der Waals surface area (Å²) in [5.41, 5.74) is 0.660. The summed E-state index contributed by atoms with van der Waals surface area (Å²) in [5, 5.41) is 2.63. The third-order valence-electron chi connectivity index (χ3n) is 3.47. The van der Waals surface area contributed by atoms with E-state index >= 15 is 0 Å². The summed E-state index contributed by atoms with van der Waals surface area (Å²) < 4.78 is 32.0.